The maximum atomic E-state index is 4.67. The van der Waals surface area contributed by atoms with Crippen LogP contribution in [0.4, 0.5) is 0 Å². The van der Waals surface area contributed by atoms with Crippen molar-refractivity contribution >= 4 is 0 Å². The number of nitrogens with zero attached hydrogens (tertiary/aromatic N) is 2. The summed E-state index contributed by atoms with van der Waals surface area (Å²) >= 11 is 0. The Morgan fingerprint density at radius 3 is 2.25 bits per heavy atom. The molecule has 20 heavy (non-hydrogen) atoms. The van der Waals surface area contributed by atoms with Gasteiger partial charge in [0.15, 0.2) is 5.82 Å². The van der Waals surface area contributed by atoms with Crippen LogP contribution < -0.4 is 5.32 Å². The first-order valence-electron chi connectivity index (χ1n) is 7.32. The minimum atomic E-state index is 0.830. The number of hydrogen-bond donors (Lipinski definition) is 1. The first kappa shape index (κ1) is 14.7. The van der Waals surface area contributed by atoms with Gasteiger partial charge in [0.05, 0.1) is 0 Å². The van der Waals surface area contributed by atoms with E-state index in [9.17, 15) is 0 Å². The van der Waals surface area contributed by atoms with E-state index in [1.165, 1.54) is 5.56 Å². The molecule has 0 aliphatic heterocycles. The van der Waals surface area contributed by atoms with Crippen molar-refractivity contribution in [2.24, 2.45) is 0 Å². The van der Waals surface area contributed by atoms with Gasteiger partial charge in [-0.1, -0.05) is 37.3 Å². The third-order valence-electron chi connectivity index (χ3n) is 3.48. The topological polar surface area (TPSA) is 37.8 Å². The summed E-state index contributed by atoms with van der Waals surface area (Å²) in [4.78, 5) is 9.34. The molecule has 0 unspecified atom stereocenters. The Bertz CT molecular complexity index is 526. The number of aryl methyl sites for hydroxylation is 2. The van der Waals surface area contributed by atoms with Gasteiger partial charge in [-0.05, 0) is 45.3 Å². The van der Waals surface area contributed by atoms with E-state index in [4.69, 9.17) is 0 Å². The van der Waals surface area contributed by atoms with Crippen LogP contribution >= 0.6 is 0 Å². The fourth-order valence-corrected chi connectivity index (χ4v) is 2.38. The van der Waals surface area contributed by atoms with Gasteiger partial charge in [-0.15, -0.1) is 0 Å². The average molecular weight is 269 g/mol. The van der Waals surface area contributed by atoms with Crippen LogP contribution in [-0.4, -0.2) is 23.1 Å². The quantitative estimate of drug-likeness (QED) is 0.818. The summed E-state index contributed by atoms with van der Waals surface area (Å²) in [5.74, 6) is 0.830. The molecule has 1 aromatic heterocycles. The van der Waals surface area contributed by atoms with Crippen LogP contribution in [0, 0.1) is 13.8 Å². The minimum Gasteiger partial charge on any atom is -0.317 e. The molecule has 0 radical (unpaired) electrons. The van der Waals surface area contributed by atoms with Crippen molar-refractivity contribution < 1.29 is 0 Å². The highest BCUT2D eigenvalue weighted by Crippen LogP contribution is 2.19. The Balaban J connectivity index is 2.17. The molecule has 0 aliphatic carbocycles. The SMILES string of the molecule is CCNCCCc1c(C)nc(-c2ccccc2)nc1C. The Morgan fingerprint density at radius 1 is 1.00 bits per heavy atom. The highest BCUT2D eigenvalue weighted by molar-refractivity contribution is 5.55. The van der Waals surface area contributed by atoms with Gasteiger partial charge < -0.3 is 5.32 Å². The molecule has 0 saturated heterocycles. The third kappa shape index (κ3) is 3.64. The third-order valence-corrected chi connectivity index (χ3v) is 3.48. The van der Waals surface area contributed by atoms with Gasteiger partial charge >= 0.3 is 0 Å². The Labute approximate surface area is 121 Å². The standard InChI is InChI=1S/C17H23N3/c1-4-18-12-8-11-16-13(2)19-17(20-14(16)3)15-9-6-5-7-10-15/h5-7,9-10,18H,4,8,11-12H2,1-3H3. The fraction of sp³-hybridized carbons (Fsp3) is 0.412. The maximum Gasteiger partial charge on any atom is 0.159 e. The number of nitrogens with one attached hydrogen (secondary N) is 1. The second-order valence-electron chi connectivity index (χ2n) is 5.02. The summed E-state index contributed by atoms with van der Waals surface area (Å²) < 4.78 is 0. The fourth-order valence-electron chi connectivity index (χ4n) is 2.38. The Hall–Kier alpha value is -1.74. The molecule has 1 heterocycles. The maximum absolute atomic E-state index is 4.67. The van der Waals surface area contributed by atoms with Gasteiger partial charge in [-0.25, -0.2) is 9.97 Å². The predicted molar refractivity (Wildman–Crippen MR) is 83.8 cm³/mol. The van der Waals surface area contributed by atoms with Gasteiger partial charge in [-0.2, -0.15) is 0 Å². The van der Waals surface area contributed by atoms with Crippen LogP contribution in [0.2, 0.25) is 0 Å². The van der Waals surface area contributed by atoms with E-state index in [1.807, 2.05) is 18.2 Å². The number of rotatable bonds is 6. The zero-order valence-electron chi connectivity index (χ0n) is 12.6. The molecular formula is C17H23N3. The van der Waals surface area contributed by atoms with Gasteiger partial charge in [0.2, 0.25) is 0 Å². The molecule has 0 saturated carbocycles. The Kier molecular flexibility index (Phi) is 5.24. The Morgan fingerprint density at radius 2 is 1.65 bits per heavy atom. The first-order valence-corrected chi connectivity index (χ1v) is 7.32. The van der Waals surface area contributed by atoms with Crippen molar-refractivity contribution in [1.82, 2.24) is 15.3 Å². The zero-order chi connectivity index (χ0) is 14.4. The molecule has 106 valence electrons. The number of benzene rings is 1. The summed E-state index contributed by atoms with van der Waals surface area (Å²) in [6.45, 7) is 8.39. The van der Waals surface area contributed by atoms with E-state index in [1.54, 1.807) is 0 Å². The van der Waals surface area contributed by atoms with Gasteiger partial charge in [0, 0.05) is 17.0 Å². The van der Waals surface area contributed by atoms with E-state index in [-0.39, 0.29) is 0 Å². The van der Waals surface area contributed by atoms with Crippen molar-refractivity contribution in [2.45, 2.75) is 33.6 Å². The van der Waals surface area contributed by atoms with Crippen molar-refractivity contribution in [2.75, 3.05) is 13.1 Å². The number of aromatic nitrogens is 2. The molecule has 0 aliphatic rings. The van der Waals surface area contributed by atoms with E-state index in [2.05, 4.69) is 48.2 Å². The highest BCUT2D eigenvalue weighted by atomic mass is 14.9. The van der Waals surface area contributed by atoms with E-state index in [0.29, 0.717) is 0 Å². The molecule has 3 heteroatoms. The lowest BCUT2D eigenvalue weighted by Gasteiger charge is -2.11. The molecule has 3 nitrogen and oxygen atoms in total. The number of hydrogen-bond acceptors (Lipinski definition) is 3. The zero-order valence-corrected chi connectivity index (χ0v) is 12.6. The normalized spacial score (nSPS) is 10.8. The van der Waals surface area contributed by atoms with Gasteiger partial charge in [0.25, 0.3) is 0 Å². The van der Waals surface area contributed by atoms with Crippen LogP contribution in [0.25, 0.3) is 11.4 Å². The molecule has 0 atom stereocenters. The average Bonchev–Trinajstić information content (AvgIpc) is 2.46. The molecule has 0 fully saturated rings. The molecule has 2 rings (SSSR count). The summed E-state index contributed by atoms with van der Waals surface area (Å²) in [5, 5.41) is 3.35. The van der Waals surface area contributed by atoms with E-state index in [0.717, 1.165) is 48.7 Å². The monoisotopic (exact) mass is 269 g/mol. The molecule has 2 aromatic rings. The van der Waals surface area contributed by atoms with Crippen LogP contribution in [0.15, 0.2) is 30.3 Å². The molecule has 0 spiro atoms. The van der Waals surface area contributed by atoms with Crippen LogP contribution in [-0.2, 0) is 6.42 Å². The van der Waals surface area contributed by atoms with E-state index >= 15 is 0 Å². The van der Waals surface area contributed by atoms with Crippen LogP contribution in [0.3, 0.4) is 0 Å². The summed E-state index contributed by atoms with van der Waals surface area (Å²) in [6.07, 6.45) is 2.17. The van der Waals surface area contributed by atoms with E-state index < -0.39 is 0 Å². The largest absolute Gasteiger partial charge is 0.317 e. The molecule has 0 bridgehead atoms. The second-order valence-corrected chi connectivity index (χ2v) is 5.02. The lowest BCUT2D eigenvalue weighted by Crippen LogP contribution is -2.15. The van der Waals surface area contributed by atoms with Gasteiger partial charge in [-0.3, -0.25) is 0 Å². The molecule has 1 aromatic carbocycles. The first-order chi connectivity index (χ1) is 9.72. The lowest BCUT2D eigenvalue weighted by molar-refractivity contribution is 0.667. The smallest absolute Gasteiger partial charge is 0.159 e. The summed E-state index contributed by atoms with van der Waals surface area (Å²) in [7, 11) is 0. The van der Waals surface area contributed by atoms with Crippen molar-refractivity contribution in [1.29, 1.82) is 0 Å². The van der Waals surface area contributed by atoms with Gasteiger partial charge in [0.1, 0.15) is 0 Å². The van der Waals surface area contributed by atoms with Crippen molar-refractivity contribution in [3.63, 3.8) is 0 Å². The second kappa shape index (κ2) is 7.15. The van der Waals surface area contributed by atoms with Crippen molar-refractivity contribution in [3.8, 4) is 11.4 Å². The summed E-state index contributed by atoms with van der Waals surface area (Å²) in [6, 6.07) is 10.2. The molecule has 1 N–H and O–H groups in total. The summed E-state index contributed by atoms with van der Waals surface area (Å²) in [5.41, 5.74) is 4.58. The van der Waals surface area contributed by atoms with Crippen molar-refractivity contribution in [3.05, 3.63) is 47.3 Å². The predicted octanol–water partition coefficient (Wildman–Crippen LogP) is 3.30. The minimum absolute atomic E-state index is 0.830. The lowest BCUT2D eigenvalue weighted by atomic mass is 10.1. The highest BCUT2D eigenvalue weighted by Gasteiger charge is 2.09. The van der Waals surface area contributed by atoms with Crippen LogP contribution in [0.5, 0.6) is 0 Å². The molecular weight excluding hydrogens is 246 g/mol. The van der Waals surface area contributed by atoms with Crippen LogP contribution in [0.1, 0.15) is 30.3 Å². The molecule has 0 amide bonds.